The van der Waals surface area contributed by atoms with Gasteiger partial charge >= 0.3 is 0 Å². The van der Waals surface area contributed by atoms with Crippen molar-refractivity contribution < 1.29 is 4.39 Å². The van der Waals surface area contributed by atoms with E-state index in [1.165, 1.54) is 32.0 Å². The van der Waals surface area contributed by atoms with Crippen LogP contribution in [0.1, 0.15) is 36.6 Å². The number of nitrogens with zero attached hydrogens (tertiary/aromatic N) is 3. The number of benzene rings is 1. The first-order valence-electron chi connectivity index (χ1n) is 11.3. The number of rotatable bonds is 7. The zero-order valence-corrected chi connectivity index (χ0v) is 19.6. The lowest BCUT2D eigenvalue weighted by Gasteiger charge is -2.29. The van der Waals surface area contributed by atoms with Gasteiger partial charge in [-0.2, -0.15) is 0 Å². The molecule has 1 atom stereocenters. The molecule has 5 nitrogen and oxygen atoms in total. The van der Waals surface area contributed by atoms with E-state index in [0.717, 1.165) is 40.6 Å². The highest BCUT2D eigenvalue weighted by Gasteiger charge is 2.23. The van der Waals surface area contributed by atoms with E-state index in [9.17, 15) is 4.39 Å². The molecule has 3 heterocycles. The molecule has 0 amide bonds. The van der Waals surface area contributed by atoms with Crippen molar-refractivity contribution in [1.82, 2.24) is 20.5 Å². The van der Waals surface area contributed by atoms with Gasteiger partial charge in [0.25, 0.3) is 0 Å². The van der Waals surface area contributed by atoms with Crippen LogP contribution >= 0.6 is 11.6 Å². The average molecular weight is 456 g/mol. The Morgan fingerprint density at radius 1 is 1.31 bits per heavy atom. The van der Waals surface area contributed by atoms with Crippen molar-refractivity contribution in [2.45, 2.75) is 32.7 Å². The number of aliphatic imine (C=N–C) groups is 1. The Bertz CT molecular complexity index is 1010. The number of aromatic nitrogens is 1. The number of likely N-dealkylation sites (tertiary alicyclic amines) is 1. The van der Waals surface area contributed by atoms with Crippen molar-refractivity contribution in [3.8, 4) is 0 Å². The second kappa shape index (κ2) is 10.1. The Balaban J connectivity index is 1.46. The number of fused-ring (bicyclic) bond motifs is 1. The van der Waals surface area contributed by atoms with Crippen LogP contribution in [-0.4, -0.2) is 42.4 Å². The molecule has 2 aliphatic heterocycles. The molecule has 0 radical (unpaired) electrons. The summed E-state index contributed by atoms with van der Waals surface area (Å²) < 4.78 is 13.5. The van der Waals surface area contributed by atoms with Gasteiger partial charge in [-0.3, -0.25) is 4.98 Å². The molecule has 0 spiro atoms. The molecule has 170 valence electrons. The molecule has 1 aromatic carbocycles. The zero-order chi connectivity index (χ0) is 22.7. The maximum absolute atomic E-state index is 13.5. The predicted octanol–water partition coefficient (Wildman–Crippen LogP) is 4.79. The summed E-state index contributed by atoms with van der Waals surface area (Å²) >= 11 is 5.95. The molecular formula is C25H31ClFN5. The third kappa shape index (κ3) is 5.37. The highest BCUT2D eigenvalue weighted by atomic mass is 35.5. The molecule has 32 heavy (non-hydrogen) atoms. The van der Waals surface area contributed by atoms with E-state index in [0.29, 0.717) is 18.9 Å². The van der Waals surface area contributed by atoms with E-state index in [4.69, 9.17) is 16.6 Å². The summed E-state index contributed by atoms with van der Waals surface area (Å²) in [6, 6.07) is 6.81. The largest absolute Gasteiger partial charge is 0.343 e. The molecule has 1 aromatic heterocycles. The SMILES string of the molecule is C=C1NC(C(C)Cc2ccc(F)c(Cl)c2)=Nc2c1ccnc2CNCC1CCN(C)CC1. The van der Waals surface area contributed by atoms with Crippen molar-refractivity contribution in [3.63, 3.8) is 0 Å². The van der Waals surface area contributed by atoms with Gasteiger partial charge in [0.1, 0.15) is 11.7 Å². The molecule has 1 unspecified atom stereocenters. The third-order valence-corrected chi connectivity index (χ3v) is 6.68. The molecule has 1 fully saturated rings. The van der Waals surface area contributed by atoms with Gasteiger partial charge in [0.05, 0.1) is 16.4 Å². The summed E-state index contributed by atoms with van der Waals surface area (Å²) in [5, 5.41) is 7.09. The van der Waals surface area contributed by atoms with E-state index in [-0.39, 0.29) is 10.9 Å². The second-order valence-corrected chi connectivity index (χ2v) is 9.39. The van der Waals surface area contributed by atoms with Crippen LogP contribution in [0, 0.1) is 17.7 Å². The minimum absolute atomic E-state index is 0.0849. The molecule has 0 bridgehead atoms. The Morgan fingerprint density at radius 2 is 2.09 bits per heavy atom. The van der Waals surface area contributed by atoms with Crippen LogP contribution in [0.25, 0.3) is 5.70 Å². The minimum atomic E-state index is -0.401. The average Bonchev–Trinajstić information content (AvgIpc) is 2.78. The molecule has 2 aliphatic rings. The summed E-state index contributed by atoms with van der Waals surface area (Å²) in [5.74, 6) is 1.24. The number of piperidine rings is 1. The molecular weight excluding hydrogens is 425 g/mol. The molecule has 2 aromatic rings. The molecule has 0 saturated carbocycles. The summed E-state index contributed by atoms with van der Waals surface area (Å²) in [7, 11) is 2.19. The molecule has 0 aliphatic carbocycles. The minimum Gasteiger partial charge on any atom is -0.343 e. The summed E-state index contributed by atoms with van der Waals surface area (Å²) in [6.07, 6.45) is 4.98. The van der Waals surface area contributed by atoms with Gasteiger partial charge in [-0.15, -0.1) is 0 Å². The fraction of sp³-hybridized carbons (Fsp3) is 0.440. The lowest BCUT2D eigenvalue weighted by Crippen LogP contribution is -2.35. The Hall–Kier alpha value is -2.28. The predicted molar refractivity (Wildman–Crippen MR) is 130 cm³/mol. The Morgan fingerprint density at radius 3 is 2.84 bits per heavy atom. The van der Waals surface area contributed by atoms with Gasteiger partial charge in [-0.1, -0.05) is 31.2 Å². The van der Waals surface area contributed by atoms with Gasteiger partial charge in [0, 0.05) is 29.9 Å². The fourth-order valence-electron chi connectivity index (χ4n) is 4.38. The van der Waals surface area contributed by atoms with E-state index < -0.39 is 5.82 Å². The van der Waals surface area contributed by atoms with Crippen LogP contribution in [0.5, 0.6) is 0 Å². The first-order chi connectivity index (χ1) is 15.4. The number of hydrogen-bond acceptors (Lipinski definition) is 5. The summed E-state index contributed by atoms with van der Waals surface area (Å²) in [6.45, 7) is 10.3. The smallest absolute Gasteiger partial charge is 0.141 e. The normalized spacial score (nSPS) is 18.1. The molecule has 4 rings (SSSR count). The Labute approximate surface area is 194 Å². The van der Waals surface area contributed by atoms with Crippen molar-refractivity contribution in [2.75, 3.05) is 26.7 Å². The van der Waals surface area contributed by atoms with Crippen molar-refractivity contribution in [2.24, 2.45) is 16.8 Å². The highest BCUT2D eigenvalue weighted by molar-refractivity contribution is 6.30. The topological polar surface area (TPSA) is 52.6 Å². The molecule has 7 heteroatoms. The quantitative estimate of drug-likeness (QED) is 0.630. The number of hydrogen-bond donors (Lipinski definition) is 2. The first-order valence-corrected chi connectivity index (χ1v) is 11.6. The standard InChI is InChI=1S/C25H31ClFN5/c1-16(12-19-4-5-22(27)21(26)13-19)25-30-17(2)20-6-9-29-23(24(20)31-25)15-28-14-18-7-10-32(3)11-8-18/h4-6,9,13,16,18,28H,2,7-8,10-12,14-15H2,1,3H3,(H,30,31). The van der Waals surface area contributed by atoms with Crippen LogP contribution in [0.15, 0.2) is 42.0 Å². The van der Waals surface area contributed by atoms with Gasteiger partial charge in [0.2, 0.25) is 0 Å². The van der Waals surface area contributed by atoms with E-state index in [2.05, 4.69) is 41.1 Å². The van der Waals surface area contributed by atoms with Gasteiger partial charge in [-0.05, 0) is 75.6 Å². The third-order valence-electron chi connectivity index (χ3n) is 6.39. The first kappa shape index (κ1) is 22.9. The van der Waals surface area contributed by atoms with Crippen molar-refractivity contribution in [1.29, 1.82) is 0 Å². The molecule has 1 saturated heterocycles. The zero-order valence-electron chi connectivity index (χ0n) is 18.8. The van der Waals surface area contributed by atoms with Gasteiger partial charge < -0.3 is 15.5 Å². The van der Waals surface area contributed by atoms with Crippen LogP contribution in [0.4, 0.5) is 10.1 Å². The highest BCUT2D eigenvalue weighted by Crippen LogP contribution is 2.32. The van der Waals surface area contributed by atoms with Gasteiger partial charge in [-0.25, -0.2) is 9.38 Å². The summed E-state index contributed by atoms with van der Waals surface area (Å²) in [5.41, 5.74) is 4.60. The van der Waals surface area contributed by atoms with Crippen LogP contribution in [0.2, 0.25) is 5.02 Å². The number of nitrogens with one attached hydrogen (secondary N) is 2. The van der Waals surface area contributed by atoms with Crippen LogP contribution < -0.4 is 10.6 Å². The fourth-order valence-corrected chi connectivity index (χ4v) is 4.58. The maximum atomic E-state index is 13.5. The number of pyridine rings is 1. The van der Waals surface area contributed by atoms with Crippen molar-refractivity contribution >= 4 is 28.8 Å². The Kier molecular flexibility index (Phi) is 7.23. The maximum Gasteiger partial charge on any atom is 0.141 e. The number of amidine groups is 1. The lowest BCUT2D eigenvalue weighted by atomic mass is 9.97. The molecule has 2 N–H and O–H groups in total. The number of halogens is 2. The monoisotopic (exact) mass is 455 g/mol. The van der Waals surface area contributed by atoms with Crippen LogP contribution in [-0.2, 0) is 13.0 Å². The second-order valence-electron chi connectivity index (χ2n) is 8.99. The lowest BCUT2D eigenvalue weighted by molar-refractivity contribution is 0.216. The van der Waals surface area contributed by atoms with Gasteiger partial charge in [0.15, 0.2) is 0 Å². The van der Waals surface area contributed by atoms with Crippen molar-refractivity contribution in [3.05, 3.63) is 64.7 Å². The van der Waals surface area contributed by atoms with E-state index in [1.54, 1.807) is 12.1 Å². The van der Waals surface area contributed by atoms with Crippen LogP contribution in [0.3, 0.4) is 0 Å². The van der Waals surface area contributed by atoms with E-state index in [1.807, 2.05) is 12.3 Å². The summed E-state index contributed by atoms with van der Waals surface area (Å²) in [4.78, 5) is 11.9. The van der Waals surface area contributed by atoms with E-state index >= 15 is 0 Å².